The topological polar surface area (TPSA) is 67.8 Å². The summed E-state index contributed by atoms with van der Waals surface area (Å²) in [6.45, 7) is 1.50. The molecule has 1 rings (SSSR count). The van der Waals surface area contributed by atoms with Crippen molar-refractivity contribution in [2.24, 2.45) is 0 Å². The van der Waals surface area contributed by atoms with Crippen molar-refractivity contribution in [1.29, 1.82) is 0 Å². The largest absolute Gasteiger partial charge is 0.497 e. The lowest BCUT2D eigenvalue weighted by Crippen LogP contribution is -2.08. The minimum Gasteiger partial charge on any atom is -0.497 e. The molecule has 0 heterocycles. The molecule has 0 spiro atoms. The van der Waals surface area contributed by atoms with Crippen molar-refractivity contribution >= 4 is 11.7 Å². The highest BCUT2D eigenvalue weighted by Gasteiger charge is 2.10. The molecule has 2 N–H and O–H groups in total. The van der Waals surface area contributed by atoms with Crippen LogP contribution in [0.2, 0.25) is 0 Å². The third-order valence-corrected chi connectivity index (χ3v) is 2.80. The molecular formula is C14H21NO4. The molecule has 106 valence electrons. The lowest BCUT2D eigenvalue weighted by Gasteiger charge is -2.11. The molecule has 0 aliphatic carbocycles. The molecule has 0 atom stereocenters. The van der Waals surface area contributed by atoms with Crippen LogP contribution in [-0.4, -0.2) is 38.4 Å². The molecule has 0 aliphatic heterocycles. The van der Waals surface area contributed by atoms with Gasteiger partial charge in [-0.1, -0.05) is 0 Å². The average Bonchev–Trinajstić information content (AvgIpc) is 2.42. The molecule has 0 saturated heterocycles. The molecule has 5 nitrogen and oxygen atoms in total. The van der Waals surface area contributed by atoms with Gasteiger partial charge in [-0.05, 0) is 31.4 Å². The molecule has 0 bridgehead atoms. The summed E-state index contributed by atoms with van der Waals surface area (Å²) in [5.74, 6) is -0.295. The first-order chi connectivity index (χ1) is 9.19. The number of rotatable bonds is 9. The quantitative estimate of drug-likeness (QED) is 0.673. The lowest BCUT2D eigenvalue weighted by atomic mass is 10.1. The third-order valence-electron chi connectivity index (χ3n) is 2.80. The fraction of sp³-hybridized carbons (Fsp3) is 0.500. The first-order valence-corrected chi connectivity index (χ1v) is 6.33. The van der Waals surface area contributed by atoms with Crippen LogP contribution < -0.4 is 10.1 Å². The number of nitrogens with one attached hydrogen (secondary N) is 1. The van der Waals surface area contributed by atoms with Gasteiger partial charge in [0.1, 0.15) is 5.75 Å². The molecule has 0 unspecified atom stereocenters. The van der Waals surface area contributed by atoms with Crippen molar-refractivity contribution in [2.45, 2.75) is 19.3 Å². The van der Waals surface area contributed by atoms with Crippen molar-refractivity contribution in [2.75, 3.05) is 32.7 Å². The summed E-state index contributed by atoms with van der Waals surface area (Å²) in [6, 6.07) is 4.90. The molecule has 0 amide bonds. The highest BCUT2D eigenvalue weighted by Crippen LogP contribution is 2.22. The van der Waals surface area contributed by atoms with Gasteiger partial charge in [-0.15, -0.1) is 0 Å². The summed E-state index contributed by atoms with van der Waals surface area (Å²) >= 11 is 0. The third kappa shape index (κ3) is 5.18. The van der Waals surface area contributed by atoms with Crippen molar-refractivity contribution in [3.05, 3.63) is 23.8 Å². The molecule has 0 radical (unpaired) electrons. The molecule has 0 saturated carbocycles. The van der Waals surface area contributed by atoms with Gasteiger partial charge < -0.3 is 19.9 Å². The average molecular weight is 267 g/mol. The Morgan fingerprint density at radius 2 is 2.05 bits per heavy atom. The van der Waals surface area contributed by atoms with Crippen LogP contribution in [0.5, 0.6) is 5.75 Å². The molecule has 1 aromatic carbocycles. The predicted molar refractivity (Wildman–Crippen MR) is 74.2 cm³/mol. The zero-order valence-corrected chi connectivity index (χ0v) is 11.4. The molecular weight excluding hydrogens is 246 g/mol. The van der Waals surface area contributed by atoms with Crippen LogP contribution in [-0.2, 0) is 4.74 Å². The number of aromatic carboxylic acids is 1. The Hall–Kier alpha value is -1.75. The van der Waals surface area contributed by atoms with Crippen molar-refractivity contribution in [3.63, 3.8) is 0 Å². The van der Waals surface area contributed by atoms with E-state index in [4.69, 9.17) is 14.6 Å². The summed E-state index contributed by atoms with van der Waals surface area (Å²) < 4.78 is 10.1. The van der Waals surface area contributed by atoms with Crippen LogP contribution >= 0.6 is 0 Å². The second-order valence-electron chi connectivity index (χ2n) is 4.20. The Morgan fingerprint density at radius 1 is 1.26 bits per heavy atom. The van der Waals surface area contributed by atoms with Crippen LogP contribution in [0.4, 0.5) is 5.69 Å². The minimum atomic E-state index is -0.940. The fourth-order valence-electron chi connectivity index (χ4n) is 1.75. The molecule has 19 heavy (non-hydrogen) atoms. The molecule has 0 aromatic heterocycles. The standard InChI is InChI=1S/C14H21NO4/c1-18-9-5-3-4-8-15-13-10-11(19-2)6-7-12(13)14(16)17/h6-7,10,15H,3-5,8-9H2,1-2H3,(H,16,17). The van der Waals surface area contributed by atoms with Gasteiger partial charge in [-0.2, -0.15) is 0 Å². The number of anilines is 1. The van der Waals surface area contributed by atoms with Gasteiger partial charge in [0.15, 0.2) is 0 Å². The fourth-order valence-corrected chi connectivity index (χ4v) is 1.75. The maximum Gasteiger partial charge on any atom is 0.337 e. The number of hydrogen-bond acceptors (Lipinski definition) is 4. The van der Waals surface area contributed by atoms with E-state index in [1.54, 1.807) is 32.4 Å². The number of ether oxygens (including phenoxy) is 2. The van der Waals surface area contributed by atoms with E-state index >= 15 is 0 Å². The van der Waals surface area contributed by atoms with Crippen LogP contribution in [0.15, 0.2) is 18.2 Å². The summed E-state index contributed by atoms with van der Waals surface area (Å²) in [5, 5.41) is 12.2. The zero-order valence-electron chi connectivity index (χ0n) is 11.4. The van der Waals surface area contributed by atoms with Crippen molar-refractivity contribution in [3.8, 4) is 5.75 Å². The summed E-state index contributed by atoms with van der Waals surface area (Å²) in [6.07, 6.45) is 3.04. The highest BCUT2D eigenvalue weighted by molar-refractivity contribution is 5.94. The molecule has 1 aromatic rings. The van der Waals surface area contributed by atoms with E-state index in [2.05, 4.69) is 5.32 Å². The molecule has 5 heteroatoms. The Morgan fingerprint density at radius 3 is 2.68 bits per heavy atom. The molecule has 0 aliphatic rings. The van der Waals surface area contributed by atoms with Gasteiger partial charge in [-0.3, -0.25) is 0 Å². The Labute approximate surface area is 113 Å². The van der Waals surface area contributed by atoms with E-state index in [9.17, 15) is 4.79 Å². The second kappa shape index (κ2) is 8.37. The smallest absolute Gasteiger partial charge is 0.337 e. The van der Waals surface area contributed by atoms with Gasteiger partial charge in [0.2, 0.25) is 0 Å². The number of hydrogen-bond donors (Lipinski definition) is 2. The second-order valence-corrected chi connectivity index (χ2v) is 4.20. The minimum absolute atomic E-state index is 0.262. The lowest BCUT2D eigenvalue weighted by molar-refractivity contribution is 0.0698. The number of unbranched alkanes of at least 4 members (excludes halogenated alkanes) is 2. The van der Waals surface area contributed by atoms with Gasteiger partial charge in [0.25, 0.3) is 0 Å². The van der Waals surface area contributed by atoms with Crippen molar-refractivity contribution in [1.82, 2.24) is 0 Å². The number of methoxy groups -OCH3 is 2. The van der Waals surface area contributed by atoms with E-state index in [1.165, 1.54) is 0 Å². The predicted octanol–water partition coefficient (Wildman–Crippen LogP) is 2.62. The first kappa shape index (κ1) is 15.3. The number of carboxylic acid groups (broad SMARTS) is 1. The Bertz CT molecular complexity index is 406. The summed E-state index contributed by atoms with van der Waals surface area (Å²) in [7, 11) is 3.25. The van der Waals surface area contributed by atoms with Gasteiger partial charge in [-0.25, -0.2) is 4.79 Å². The zero-order chi connectivity index (χ0) is 14.1. The number of benzene rings is 1. The van der Waals surface area contributed by atoms with Crippen LogP contribution in [0.3, 0.4) is 0 Å². The number of carboxylic acids is 1. The van der Waals surface area contributed by atoms with Gasteiger partial charge >= 0.3 is 5.97 Å². The SMILES string of the molecule is COCCCCCNc1cc(OC)ccc1C(=O)O. The van der Waals surface area contributed by atoms with E-state index < -0.39 is 5.97 Å². The maximum absolute atomic E-state index is 11.1. The van der Waals surface area contributed by atoms with E-state index in [0.717, 1.165) is 32.4 Å². The van der Waals surface area contributed by atoms with E-state index in [0.29, 0.717) is 11.4 Å². The van der Waals surface area contributed by atoms with E-state index in [-0.39, 0.29) is 5.56 Å². The van der Waals surface area contributed by atoms with Crippen molar-refractivity contribution < 1.29 is 19.4 Å². The van der Waals surface area contributed by atoms with Gasteiger partial charge in [0.05, 0.1) is 18.4 Å². The van der Waals surface area contributed by atoms with E-state index in [1.807, 2.05) is 0 Å². The van der Waals surface area contributed by atoms with Gasteiger partial charge in [0, 0.05) is 26.3 Å². The normalized spacial score (nSPS) is 10.2. The molecule has 0 fully saturated rings. The summed E-state index contributed by atoms with van der Waals surface area (Å²) in [4.78, 5) is 11.1. The van der Waals surface area contributed by atoms with Crippen LogP contribution in [0.1, 0.15) is 29.6 Å². The maximum atomic E-state index is 11.1. The monoisotopic (exact) mass is 267 g/mol. The van der Waals surface area contributed by atoms with Crippen LogP contribution in [0.25, 0.3) is 0 Å². The van der Waals surface area contributed by atoms with Crippen LogP contribution in [0, 0.1) is 0 Å². The summed E-state index contributed by atoms with van der Waals surface area (Å²) in [5.41, 5.74) is 0.858. The highest BCUT2D eigenvalue weighted by atomic mass is 16.5. The first-order valence-electron chi connectivity index (χ1n) is 6.33. The Kier molecular flexibility index (Phi) is 6.74. The Balaban J connectivity index is 2.52. The number of carbonyl (C=O) groups is 1.